The van der Waals surface area contributed by atoms with Gasteiger partial charge in [-0.1, -0.05) is 11.3 Å². The Morgan fingerprint density at radius 1 is 1.36 bits per heavy atom. The molecule has 0 aliphatic carbocycles. The fourth-order valence-corrected chi connectivity index (χ4v) is 3.74. The lowest BCUT2D eigenvalue weighted by Crippen LogP contribution is -2.44. The first-order valence-corrected chi connectivity index (χ1v) is 9.59. The maximum atomic E-state index is 11.5. The van der Waals surface area contributed by atoms with Gasteiger partial charge in [0.25, 0.3) is 0 Å². The zero-order chi connectivity index (χ0) is 18.2. The summed E-state index contributed by atoms with van der Waals surface area (Å²) in [6.45, 7) is 5.73. The van der Waals surface area contributed by atoms with Crippen LogP contribution < -0.4 is 0 Å². The first-order chi connectivity index (χ1) is 11.8. The highest BCUT2D eigenvalue weighted by Gasteiger charge is 2.27. The third-order valence-corrected chi connectivity index (χ3v) is 5.25. The maximum absolute atomic E-state index is 11.5. The quantitative estimate of drug-likeness (QED) is 0.533. The summed E-state index contributed by atoms with van der Waals surface area (Å²) in [6, 6.07) is 3.59. The van der Waals surface area contributed by atoms with Gasteiger partial charge in [0, 0.05) is 5.54 Å². The van der Waals surface area contributed by atoms with Crippen LogP contribution in [-0.2, 0) is 6.54 Å². The van der Waals surface area contributed by atoms with Crippen molar-refractivity contribution in [2.45, 2.75) is 37.9 Å². The first kappa shape index (κ1) is 17.7. The number of thiazole rings is 1. The van der Waals surface area contributed by atoms with Crippen molar-refractivity contribution >= 4 is 39.5 Å². The second-order valence-corrected chi connectivity index (χ2v) is 8.13. The molecule has 0 atom stereocenters. The summed E-state index contributed by atoms with van der Waals surface area (Å²) >= 11 is 2.94. The Morgan fingerprint density at radius 3 is 2.76 bits per heavy atom. The van der Waals surface area contributed by atoms with E-state index in [-0.39, 0.29) is 6.54 Å². The molecule has 0 spiro atoms. The zero-order valence-electron chi connectivity index (χ0n) is 14.3. The normalized spacial score (nSPS) is 11.8. The van der Waals surface area contributed by atoms with Crippen molar-refractivity contribution in [3.8, 4) is 10.8 Å². The lowest BCUT2D eigenvalue weighted by molar-refractivity contribution is 0.0908. The van der Waals surface area contributed by atoms with Crippen LogP contribution in [0, 0.1) is 0 Å². The number of fused-ring (bicyclic) bond motifs is 1. The van der Waals surface area contributed by atoms with Crippen LogP contribution in [0.4, 0.5) is 4.79 Å². The van der Waals surface area contributed by atoms with Gasteiger partial charge in [-0.15, -0.1) is 11.8 Å². The molecule has 3 rings (SSSR count). The molecule has 132 valence electrons. The van der Waals surface area contributed by atoms with Crippen molar-refractivity contribution in [2.24, 2.45) is 0 Å². The van der Waals surface area contributed by atoms with Gasteiger partial charge in [-0.3, -0.25) is 4.90 Å². The Bertz CT molecular complexity index is 914. The van der Waals surface area contributed by atoms with E-state index in [4.69, 9.17) is 4.42 Å². The van der Waals surface area contributed by atoms with Crippen LogP contribution in [0.15, 0.2) is 27.9 Å². The van der Waals surface area contributed by atoms with E-state index in [2.05, 4.69) is 15.0 Å². The summed E-state index contributed by atoms with van der Waals surface area (Å²) < 4.78 is 5.84. The number of nitrogens with zero attached hydrogens (tertiary/aromatic N) is 4. The standard InChI is InChI=1S/C16H18N4O3S2/c1-16(2,3)20(15(21)22)7-9-5-6-10(23-9)12-19-11-13(24-4)17-8-18-14(11)25-12/h5-6,8H,7H2,1-4H3,(H,21,22). The van der Waals surface area contributed by atoms with Crippen LogP contribution in [0.2, 0.25) is 0 Å². The van der Waals surface area contributed by atoms with E-state index in [1.165, 1.54) is 34.3 Å². The predicted octanol–water partition coefficient (Wildman–Crippen LogP) is 4.35. The number of furan rings is 1. The summed E-state index contributed by atoms with van der Waals surface area (Å²) in [5.74, 6) is 1.17. The van der Waals surface area contributed by atoms with Crippen molar-refractivity contribution in [1.82, 2.24) is 19.9 Å². The molecule has 0 unspecified atom stereocenters. The van der Waals surface area contributed by atoms with Crippen molar-refractivity contribution in [1.29, 1.82) is 0 Å². The second-order valence-electron chi connectivity index (χ2n) is 6.36. The van der Waals surface area contributed by atoms with Gasteiger partial charge in [0.1, 0.15) is 27.5 Å². The summed E-state index contributed by atoms with van der Waals surface area (Å²) in [5, 5.41) is 10.9. The maximum Gasteiger partial charge on any atom is 0.408 e. The molecular weight excluding hydrogens is 360 g/mol. The number of carboxylic acid groups (broad SMARTS) is 1. The Labute approximate surface area is 153 Å². The SMILES string of the molecule is CSc1ncnc2sc(-c3ccc(CN(C(=O)O)C(C)(C)C)o3)nc12. The molecule has 0 saturated carbocycles. The Kier molecular flexibility index (Phi) is 4.70. The van der Waals surface area contributed by atoms with Crippen molar-refractivity contribution in [3.63, 3.8) is 0 Å². The molecule has 0 aromatic carbocycles. The molecule has 0 bridgehead atoms. The predicted molar refractivity (Wildman–Crippen MR) is 98.0 cm³/mol. The van der Waals surface area contributed by atoms with Crippen LogP contribution >= 0.6 is 23.1 Å². The van der Waals surface area contributed by atoms with Crippen LogP contribution in [-0.4, -0.2) is 42.8 Å². The third kappa shape index (κ3) is 3.62. The summed E-state index contributed by atoms with van der Waals surface area (Å²) in [4.78, 5) is 26.7. The van der Waals surface area contributed by atoms with Gasteiger partial charge in [0.2, 0.25) is 0 Å². The first-order valence-electron chi connectivity index (χ1n) is 7.55. The molecule has 0 fully saturated rings. The number of hydrogen-bond acceptors (Lipinski definition) is 7. The highest BCUT2D eigenvalue weighted by atomic mass is 32.2. The largest absolute Gasteiger partial charge is 0.465 e. The van der Waals surface area contributed by atoms with E-state index < -0.39 is 11.6 Å². The summed E-state index contributed by atoms with van der Waals surface area (Å²) in [6.07, 6.45) is 2.49. The second kappa shape index (κ2) is 6.64. The fourth-order valence-electron chi connectivity index (χ4n) is 2.31. The van der Waals surface area contributed by atoms with Gasteiger partial charge < -0.3 is 9.52 Å². The molecule has 3 aromatic heterocycles. The van der Waals surface area contributed by atoms with Crippen molar-refractivity contribution in [3.05, 3.63) is 24.2 Å². The van der Waals surface area contributed by atoms with Gasteiger partial charge in [-0.25, -0.2) is 19.7 Å². The van der Waals surface area contributed by atoms with Crippen molar-refractivity contribution in [2.75, 3.05) is 6.26 Å². The topological polar surface area (TPSA) is 92.4 Å². The van der Waals surface area contributed by atoms with Crippen LogP contribution in [0.25, 0.3) is 21.1 Å². The van der Waals surface area contributed by atoms with Gasteiger partial charge in [0.05, 0.1) is 6.54 Å². The van der Waals surface area contributed by atoms with E-state index in [0.29, 0.717) is 16.5 Å². The van der Waals surface area contributed by atoms with E-state index in [0.717, 1.165) is 15.4 Å². The number of rotatable bonds is 4. The van der Waals surface area contributed by atoms with Gasteiger partial charge in [-0.2, -0.15) is 0 Å². The van der Waals surface area contributed by atoms with E-state index in [9.17, 15) is 9.90 Å². The van der Waals surface area contributed by atoms with Crippen molar-refractivity contribution < 1.29 is 14.3 Å². The Morgan fingerprint density at radius 2 is 2.12 bits per heavy atom. The summed E-state index contributed by atoms with van der Waals surface area (Å²) in [7, 11) is 0. The van der Waals surface area contributed by atoms with Crippen LogP contribution in [0.5, 0.6) is 0 Å². The monoisotopic (exact) mass is 378 g/mol. The Hall–Kier alpha value is -2.13. The number of hydrogen-bond donors (Lipinski definition) is 1. The molecule has 1 amide bonds. The highest BCUT2D eigenvalue weighted by Crippen LogP contribution is 2.33. The number of aromatic nitrogens is 3. The van der Waals surface area contributed by atoms with Gasteiger partial charge >= 0.3 is 6.09 Å². The lowest BCUT2D eigenvalue weighted by atomic mass is 10.1. The lowest BCUT2D eigenvalue weighted by Gasteiger charge is -2.32. The van der Waals surface area contributed by atoms with Crippen LogP contribution in [0.1, 0.15) is 26.5 Å². The minimum atomic E-state index is -0.981. The van der Waals surface area contributed by atoms with Gasteiger partial charge in [-0.05, 0) is 39.2 Å². The molecule has 0 saturated heterocycles. The molecular formula is C16H18N4O3S2. The number of thioether (sulfide) groups is 1. The molecule has 3 heterocycles. The number of carbonyl (C=O) groups is 1. The van der Waals surface area contributed by atoms with E-state index >= 15 is 0 Å². The van der Waals surface area contributed by atoms with Gasteiger partial charge in [0.15, 0.2) is 10.8 Å². The van der Waals surface area contributed by atoms with E-state index in [1.807, 2.05) is 33.1 Å². The Balaban J connectivity index is 1.90. The summed E-state index contributed by atoms with van der Waals surface area (Å²) in [5.41, 5.74) is 0.243. The molecule has 0 aliphatic heterocycles. The number of amides is 1. The van der Waals surface area contributed by atoms with E-state index in [1.54, 1.807) is 6.07 Å². The minimum Gasteiger partial charge on any atom is -0.465 e. The molecule has 7 nitrogen and oxygen atoms in total. The van der Waals surface area contributed by atoms with Crippen LogP contribution in [0.3, 0.4) is 0 Å². The molecule has 0 radical (unpaired) electrons. The fraction of sp³-hybridized carbons (Fsp3) is 0.375. The highest BCUT2D eigenvalue weighted by molar-refractivity contribution is 7.98. The molecule has 3 aromatic rings. The molecule has 9 heteroatoms. The minimum absolute atomic E-state index is 0.180. The zero-order valence-corrected chi connectivity index (χ0v) is 15.9. The third-order valence-electron chi connectivity index (χ3n) is 3.58. The average molecular weight is 378 g/mol. The molecule has 1 N–H and O–H groups in total. The molecule has 0 aliphatic rings. The molecule has 25 heavy (non-hydrogen) atoms. The smallest absolute Gasteiger partial charge is 0.408 e. The average Bonchev–Trinajstić information content (AvgIpc) is 3.16.